The SMILES string of the molecule is CC/C=C\C/C=C\C/C=C\C/C=C\C/C=C\C/C=C\C/C=C\C/C=C\C/C=C\CCCC(=O)OCC(COC(=O)CCCCCCCCCCCCCCCC)OC(=O)CCCCCCCCCCC/C=C\C/C=C\CCCCCCC. The number of hydrogen-bond donors (Lipinski definition) is 0. The molecule has 0 amide bonds. The summed E-state index contributed by atoms with van der Waals surface area (Å²) in [4.78, 5) is 38.4. The molecule has 0 heterocycles. The summed E-state index contributed by atoms with van der Waals surface area (Å²) < 4.78 is 16.9. The predicted octanol–water partition coefficient (Wildman–Crippen LogP) is 23.7. The summed E-state index contributed by atoms with van der Waals surface area (Å²) in [6.45, 7) is 6.49. The van der Waals surface area contributed by atoms with Gasteiger partial charge in [-0.05, 0) is 116 Å². The van der Waals surface area contributed by atoms with Gasteiger partial charge in [-0.15, -0.1) is 0 Å². The lowest BCUT2D eigenvalue weighted by Gasteiger charge is -2.18. The Hall–Kier alpha value is -4.45. The maximum Gasteiger partial charge on any atom is 0.306 e. The average Bonchev–Trinajstić information content (AvgIpc) is 3.47. The Morgan fingerprint density at radius 2 is 0.488 bits per heavy atom. The fraction of sp³-hybridized carbons (Fsp3) is 0.671. The van der Waals surface area contributed by atoms with E-state index in [1.807, 2.05) is 0 Å². The molecular formula is C76H126O6. The van der Waals surface area contributed by atoms with Crippen molar-refractivity contribution < 1.29 is 28.6 Å². The molecule has 0 radical (unpaired) electrons. The lowest BCUT2D eigenvalue weighted by molar-refractivity contribution is -0.167. The number of carbonyl (C=O) groups excluding carboxylic acids is 3. The van der Waals surface area contributed by atoms with Crippen molar-refractivity contribution in [1.29, 1.82) is 0 Å². The van der Waals surface area contributed by atoms with E-state index in [2.05, 4.69) is 154 Å². The molecule has 0 spiro atoms. The number of hydrogen-bond acceptors (Lipinski definition) is 6. The van der Waals surface area contributed by atoms with Gasteiger partial charge < -0.3 is 14.2 Å². The van der Waals surface area contributed by atoms with Crippen LogP contribution in [0.4, 0.5) is 0 Å². The summed E-state index contributed by atoms with van der Waals surface area (Å²) in [5.74, 6) is -0.957. The van der Waals surface area contributed by atoms with Gasteiger partial charge in [-0.3, -0.25) is 14.4 Å². The van der Waals surface area contributed by atoms with Crippen molar-refractivity contribution in [3.63, 3.8) is 0 Å². The third-order valence-electron chi connectivity index (χ3n) is 14.4. The van der Waals surface area contributed by atoms with Gasteiger partial charge in [0, 0.05) is 19.3 Å². The minimum atomic E-state index is -0.808. The maximum atomic E-state index is 12.9. The van der Waals surface area contributed by atoms with Gasteiger partial charge in [-0.2, -0.15) is 0 Å². The molecule has 0 aromatic heterocycles. The van der Waals surface area contributed by atoms with Crippen LogP contribution < -0.4 is 0 Å². The quantitative estimate of drug-likeness (QED) is 0.0261. The third kappa shape index (κ3) is 66.4. The van der Waals surface area contributed by atoms with Gasteiger partial charge in [0.15, 0.2) is 6.10 Å². The second kappa shape index (κ2) is 69.0. The molecule has 1 unspecified atom stereocenters. The first-order chi connectivity index (χ1) is 40.5. The number of unbranched alkanes of at least 4 members (excludes halogenated alkanes) is 28. The Balaban J connectivity index is 4.45. The highest BCUT2D eigenvalue weighted by molar-refractivity contribution is 5.71. The van der Waals surface area contributed by atoms with Crippen molar-refractivity contribution in [3.8, 4) is 0 Å². The van der Waals surface area contributed by atoms with Crippen molar-refractivity contribution in [2.24, 2.45) is 0 Å². The smallest absolute Gasteiger partial charge is 0.306 e. The summed E-state index contributed by atoms with van der Waals surface area (Å²) in [6.07, 6.45) is 97.5. The monoisotopic (exact) mass is 1130 g/mol. The molecule has 0 saturated heterocycles. The largest absolute Gasteiger partial charge is 0.462 e. The Bertz CT molecular complexity index is 1730. The fourth-order valence-corrected chi connectivity index (χ4v) is 9.30. The molecular weight excluding hydrogens is 1010 g/mol. The molecule has 0 rings (SSSR count). The number of rotatable bonds is 61. The number of ether oxygens (including phenoxy) is 3. The highest BCUT2D eigenvalue weighted by Gasteiger charge is 2.19. The van der Waals surface area contributed by atoms with Crippen molar-refractivity contribution in [2.45, 2.75) is 316 Å². The second-order valence-corrected chi connectivity index (χ2v) is 22.4. The molecule has 6 nitrogen and oxygen atoms in total. The van der Waals surface area contributed by atoms with Crippen molar-refractivity contribution in [2.75, 3.05) is 13.2 Å². The van der Waals surface area contributed by atoms with E-state index in [1.165, 1.54) is 154 Å². The van der Waals surface area contributed by atoms with E-state index in [0.717, 1.165) is 109 Å². The molecule has 0 aliphatic rings. The summed E-state index contributed by atoms with van der Waals surface area (Å²) in [5.41, 5.74) is 0. The molecule has 0 saturated carbocycles. The van der Waals surface area contributed by atoms with E-state index in [0.29, 0.717) is 19.3 Å². The first-order valence-electron chi connectivity index (χ1n) is 34.2. The molecule has 82 heavy (non-hydrogen) atoms. The maximum absolute atomic E-state index is 12.9. The van der Waals surface area contributed by atoms with E-state index in [4.69, 9.17) is 14.2 Å². The lowest BCUT2D eigenvalue weighted by Crippen LogP contribution is -2.30. The van der Waals surface area contributed by atoms with Crippen molar-refractivity contribution in [3.05, 3.63) is 134 Å². The van der Waals surface area contributed by atoms with Crippen molar-refractivity contribution in [1.82, 2.24) is 0 Å². The van der Waals surface area contributed by atoms with Crippen LogP contribution in [0.5, 0.6) is 0 Å². The van der Waals surface area contributed by atoms with Crippen LogP contribution in [-0.2, 0) is 28.6 Å². The average molecular weight is 1140 g/mol. The van der Waals surface area contributed by atoms with Crippen LogP contribution in [0.1, 0.15) is 310 Å². The summed E-state index contributed by atoms with van der Waals surface area (Å²) in [7, 11) is 0. The first-order valence-corrected chi connectivity index (χ1v) is 34.2. The van der Waals surface area contributed by atoms with E-state index in [9.17, 15) is 14.4 Å². The Morgan fingerprint density at radius 1 is 0.256 bits per heavy atom. The topological polar surface area (TPSA) is 78.9 Å². The van der Waals surface area contributed by atoms with E-state index < -0.39 is 6.10 Å². The van der Waals surface area contributed by atoms with E-state index in [-0.39, 0.29) is 37.5 Å². The van der Waals surface area contributed by atoms with E-state index in [1.54, 1.807) is 0 Å². The van der Waals surface area contributed by atoms with Gasteiger partial charge in [-0.25, -0.2) is 0 Å². The molecule has 0 N–H and O–H groups in total. The minimum Gasteiger partial charge on any atom is -0.462 e. The standard InChI is InChI=1S/C76H126O6/c1-4-7-10-13-16-19-22-25-28-30-32-34-35-36-37-38-39-40-41-43-44-46-48-51-54-57-60-63-66-69-75(78)81-72-73(71-80-74(77)68-65-62-59-56-53-50-27-24-21-18-15-12-9-6-3)82-76(79)70-67-64-61-58-55-52-49-47-45-42-33-31-29-26-23-20-17-14-11-8-5-2/h7,10,16,19,23,25-26,28,31-34,36-37,39-40,43-44,48,51,57,60,73H,4-6,8-9,11-15,17-18,20-22,24,27,29-30,35,38,41-42,45-47,49-50,52-56,58-59,61-72H2,1-3H3/b10-7-,19-16-,26-23-,28-25-,33-31-,34-32-,37-36-,40-39-,44-43-,51-48-,60-57-. The zero-order valence-corrected chi connectivity index (χ0v) is 53.5. The van der Waals surface area contributed by atoms with Crippen LogP contribution in [0.3, 0.4) is 0 Å². The molecule has 0 aliphatic carbocycles. The molecule has 0 aliphatic heterocycles. The summed E-state index contributed by atoms with van der Waals surface area (Å²) in [6, 6.07) is 0. The van der Waals surface area contributed by atoms with Crippen LogP contribution in [-0.4, -0.2) is 37.2 Å². The minimum absolute atomic E-state index is 0.0983. The van der Waals surface area contributed by atoms with Crippen LogP contribution in [0.25, 0.3) is 0 Å². The summed E-state index contributed by atoms with van der Waals surface area (Å²) >= 11 is 0. The van der Waals surface area contributed by atoms with Crippen LogP contribution >= 0.6 is 0 Å². The van der Waals surface area contributed by atoms with Gasteiger partial charge in [0.05, 0.1) is 0 Å². The van der Waals surface area contributed by atoms with Crippen LogP contribution in [0, 0.1) is 0 Å². The Labute approximate surface area is 506 Å². The molecule has 0 fully saturated rings. The highest BCUT2D eigenvalue weighted by Crippen LogP contribution is 2.16. The fourth-order valence-electron chi connectivity index (χ4n) is 9.30. The van der Waals surface area contributed by atoms with Crippen molar-refractivity contribution >= 4 is 17.9 Å². The number of esters is 3. The van der Waals surface area contributed by atoms with Gasteiger partial charge in [0.2, 0.25) is 0 Å². The zero-order valence-electron chi connectivity index (χ0n) is 53.5. The van der Waals surface area contributed by atoms with Gasteiger partial charge >= 0.3 is 17.9 Å². The molecule has 0 aromatic carbocycles. The number of allylic oxidation sites excluding steroid dienone is 22. The predicted molar refractivity (Wildman–Crippen MR) is 357 cm³/mol. The first kappa shape index (κ1) is 77.5. The second-order valence-electron chi connectivity index (χ2n) is 22.4. The molecule has 466 valence electrons. The van der Waals surface area contributed by atoms with Gasteiger partial charge in [-0.1, -0.05) is 309 Å². The normalized spacial score (nSPS) is 13.0. The Kier molecular flexibility index (Phi) is 65.3. The highest BCUT2D eigenvalue weighted by atomic mass is 16.6. The van der Waals surface area contributed by atoms with Gasteiger partial charge in [0.25, 0.3) is 0 Å². The molecule has 1 atom stereocenters. The van der Waals surface area contributed by atoms with Crippen LogP contribution in [0.2, 0.25) is 0 Å². The van der Waals surface area contributed by atoms with Crippen LogP contribution in [0.15, 0.2) is 134 Å². The third-order valence-corrected chi connectivity index (χ3v) is 14.4. The van der Waals surface area contributed by atoms with Gasteiger partial charge in [0.1, 0.15) is 13.2 Å². The lowest BCUT2D eigenvalue weighted by atomic mass is 10.0. The molecule has 0 aromatic rings. The van der Waals surface area contributed by atoms with E-state index >= 15 is 0 Å². The summed E-state index contributed by atoms with van der Waals surface area (Å²) in [5, 5.41) is 0. The zero-order chi connectivity index (χ0) is 59.2. The molecule has 6 heteroatoms. The Morgan fingerprint density at radius 3 is 0.793 bits per heavy atom. The number of carbonyl (C=O) groups is 3. The molecule has 0 bridgehead atoms.